The smallest absolute Gasteiger partial charge is 0.324 e. The zero-order valence-electron chi connectivity index (χ0n) is 18.4. The third kappa shape index (κ3) is 6.36. The summed E-state index contributed by atoms with van der Waals surface area (Å²) < 4.78 is 0.965. The molecule has 2 saturated carbocycles. The summed E-state index contributed by atoms with van der Waals surface area (Å²) in [5.41, 5.74) is 0. The molecule has 0 bridgehead atoms. The van der Waals surface area contributed by atoms with Crippen LogP contribution in [0.15, 0.2) is 10.4 Å². The molecule has 0 spiro atoms. The minimum atomic E-state index is 0.0129. The Morgan fingerprint density at radius 3 is 2.13 bits per heavy atom. The number of thiazole rings is 1. The molecule has 2 fully saturated rings. The first-order valence-electron chi connectivity index (χ1n) is 11.6. The van der Waals surface area contributed by atoms with Crippen LogP contribution < -0.4 is 5.32 Å². The Morgan fingerprint density at radius 2 is 1.60 bits per heavy atom. The Balaban J connectivity index is 1.59. The second-order valence-electron chi connectivity index (χ2n) is 8.26. The number of nitrogens with zero attached hydrogens (tertiary/aromatic N) is 3. The fraction of sp³-hybridized carbons (Fsp3) is 0.773. The zero-order chi connectivity index (χ0) is 21.3. The van der Waals surface area contributed by atoms with Crippen molar-refractivity contribution in [3.8, 4) is 0 Å². The van der Waals surface area contributed by atoms with Crippen LogP contribution in [0.5, 0.6) is 0 Å². The van der Waals surface area contributed by atoms with Crippen LogP contribution in [0.1, 0.15) is 78.1 Å². The Hall–Kier alpha value is -1.28. The molecule has 1 aromatic rings. The molecular formula is C22H36N4O2S2. The number of rotatable bonds is 8. The molecule has 8 heteroatoms. The molecule has 0 saturated heterocycles. The van der Waals surface area contributed by atoms with Gasteiger partial charge in [0.15, 0.2) is 5.13 Å². The molecule has 6 nitrogen and oxygen atoms in total. The molecule has 2 aliphatic carbocycles. The topological polar surface area (TPSA) is 65.5 Å². The first-order valence-corrected chi connectivity index (χ1v) is 13.4. The molecule has 1 N–H and O–H groups in total. The first-order chi connectivity index (χ1) is 14.6. The van der Waals surface area contributed by atoms with E-state index in [2.05, 4.69) is 15.2 Å². The molecule has 3 rings (SSSR count). The van der Waals surface area contributed by atoms with Gasteiger partial charge in [-0.3, -0.25) is 10.1 Å². The van der Waals surface area contributed by atoms with E-state index in [1.165, 1.54) is 61.6 Å². The van der Waals surface area contributed by atoms with Crippen molar-refractivity contribution in [1.29, 1.82) is 0 Å². The van der Waals surface area contributed by atoms with Crippen LogP contribution in [0.2, 0.25) is 0 Å². The third-order valence-corrected chi connectivity index (χ3v) is 8.42. The lowest BCUT2D eigenvalue weighted by atomic mass is 9.89. The number of carbonyl (C=O) groups excluding carboxylic acids is 2. The summed E-state index contributed by atoms with van der Waals surface area (Å²) in [5, 5.41) is 3.71. The summed E-state index contributed by atoms with van der Waals surface area (Å²) in [6.45, 7) is 5.46. The number of thioether (sulfide) groups is 1. The maximum absolute atomic E-state index is 13.3. The molecule has 3 amide bonds. The monoisotopic (exact) mass is 452 g/mol. The van der Waals surface area contributed by atoms with Crippen LogP contribution in [0.4, 0.5) is 9.93 Å². The van der Waals surface area contributed by atoms with Crippen molar-refractivity contribution in [2.75, 3.05) is 24.2 Å². The first kappa shape index (κ1) is 23.4. The van der Waals surface area contributed by atoms with Crippen molar-refractivity contribution in [1.82, 2.24) is 14.8 Å². The van der Waals surface area contributed by atoms with Crippen LogP contribution in [-0.2, 0) is 4.79 Å². The van der Waals surface area contributed by atoms with E-state index in [0.717, 1.165) is 43.0 Å². The average molecular weight is 453 g/mol. The molecule has 0 atom stereocenters. The van der Waals surface area contributed by atoms with Crippen molar-refractivity contribution < 1.29 is 9.59 Å². The fourth-order valence-electron chi connectivity index (χ4n) is 4.69. The van der Waals surface area contributed by atoms with E-state index in [-0.39, 0.29) is 11.9 Å². The van der Waals surface area contributed by atoms with Gasteiger partial charge in [-0.2, -0.15) is 0 Å². The van der Waals surface area contributed by atoms with Gasteiger partial charge in [-0.05, 0) is 39.5 Å². The summed E-state index contributed by atoms with van der Waals surface area (Å²) in [4.78, 5) is 33.9. The number of carbonyl (C=O) groups is 2. The maximum Gasteiger partial charge on any atom is 0.324 e. The van der Waals surface area contributed by atoms with Gasteiger partial charge in [0, 0.05) is 25.2 Å². The van der Waals surface area contributed by atoms with Gasteiger partial charge in [-0.1, -0.05) is 49.9 Å². The Labute approximate surface area is 189 Å². The van der Waals surface area contributed by atoms with Gasteiger partial charge < -0.3 is 9.80 Å². The summed E-state index contributed by atoms with van der Waals surface area (Å²) in [7, 11) is 0. The summed E-state index contributed by atoms with van der Waals surface area (Å²) in [5.74, 6) is 0.554. The lowest BCUT2D eigenvalue weighted by Gasteiger charge is -2.41. The van der Waals surface area contributed by atoms with Crippen LogP contribution in [-0.4, -0.2) is 57.6 Å². The molecule has 0 aromatic carbocycles. The van der Waals surface area contributed by atoms with Crippen LogP contribution >= 0.6 is 23.1 Å². The van der Waals surface area contributed by atoms with E-state index in [0.29, 0.717) is 23.0 Å². The van der Waals surface area contributed by atoms with Gasteiger partial charge in [-0.15, -0.1) is 11.8 Å². The number of urea groups is 1. The summed E-state index contributed by atoms with van der Waals surface area (Å²) >= 11 is 2.96. The molecular weight excluding hydrogens is 416 g/mol. The highest BCUT2D eigenvalue weighted by Gasteiger charge is 2.32. The number of hydrogen-bond acceptors (Lipinski definition) is 5. The highest BCUT2D eigenvalue weighted by atomic mass is 32.2. The normalized spacial score (nSPS) is 18.2. The summed E-state index contributed by atoms with van der Waals surface area (Å²) in [6, 6.07) is 0.739. The zero-order valence-corrected chi connectivity index (χ0v) is 20.0. The fourth-order valence-corrected chi connectivity index (χ4v) is 6.45. The Bertz CT molecular complexity index is 662. The van der Waals surface area contributed by atoms with Crippen molar-refractivity contribution in [3.05, 3.63) is 6.20 Å². The van der Waals surface area contributed by atoms with Crippen molar-refractivity contribution in [3.63, 3.8) is 0 Å². The number of nitrogens with one attached hydrogen (secondary N) is 1. The van der Waals surface area contributed by atoms with Gasteiger partial charge in [0.1, 0.15) is 0 Å². The molecule has 0 aliphatic heterocycles. The number of amides is 3. The van der Waals surface area contributed by atoms with E-state index < -0.39 is 0 Å². The SMILES string of the molecule is CCN(CC)C(=O)CSc1cnc(NC(=O)N(C2CCCCC2)C2CCCCC2)s1. The van der Waals surface area contributed by atoms with E-state index in [9.17, 15) is 9.59 Å². The minimum absolute atomic E-state index is 0.0129. The molecule has 2 aliphatic rings. The van der Waals surface area contributed by atoms with E-state index in [1.807, 2.05) is 18.7 Å². The lowest BCUT2D eigenvalue weighted by molar-refractivity contribution is -0.127. The largest absolute Gasteiger partial charge is 0.343 e. The third-order valence-electron chi connectivity index (χ3n) is 6.32. The second kappa shape index (κ2) is 11.9. The summed E-state index contributed by atoms with van der Waals surface area (Å²) in [6.07, 6.45) is 13.7. The predicted molar refractivity (Wildman–Crippen MR) is 125 cm³/mol. The van der Waals surface area contributed by atoms with Crippen LogP contribution in [0.3, 0.4) is 0 Å². The lowest BCUT2D eigenvalue weighted by Crippen LogP contribution is -2.50. The molecule has 1 heterocycles. The molecule has 168 valence electrons. The highest BCUT2D eigenvalue weighted by molar-refractivity contribution is 8.01. The van der Waals surface area contributed by atoms with Crippen LogP contribution in [0, 0.1) is 0 Å². The van der Waals surface area contributed by atoms with Gasteiger partial charge in [0.2, 0.25) is 5.91 Å². The predicted octanol–water partition coefficient (Wildman–Crippen LogP) is 5.60. The van der Waals surface area contributed by atoms with E-state index in [4.69, 9.17) is 0 Å². The minimum Gasteiger partial charge on any atom is -0.343 e. The van der Waals surface area contributed by atoms with Crippen LogP contribution in [0.25, 0.3) is 0 Å². The van der Waals surface area contributed by atoms with Gasteiger partial charge >= 0.3 is 6.03 Å². The molecule has 30 heavy (non-hydrogen) atoms. The number of anilines is 1. The molecule has 0 unspecified atom stereocenters. The maximum atomic E-state index is 13.3. The molecule has 0 radical (unpaired) electrons. The van der Waals surface area contributed by atoms with Crippen molar-refractivity contribution in [2.24, 2.45) is 0 Å². The van der Waals surface area contributed by atoms with Gasteiger partial charge in [0.05, 0.1) is 16.2 Å². The van der Waals surface area contributed by atoms with Gasteiger partial charge in [-0.25, -0.2) is 9.78 Å². The second-order valence-corrected chi connectivity index (χ2v) is 10.6. The standard InChI is InChI=1S/C22H36N4O2S2/c1-3-25(4-2)19(27)16-29-20-15-23-21(30-20)24-22(28)26(17-11-7-5-8-12-17)18-13-9-6-10-14-18/h15,17-18H,3-14,16H2,1-2H3,(H,23,24,28). The number of hydrogen-bond donors (Lipinski definition) is 1. The Morgan fingerprint density at radius 1 is 1.03 bits per heavy atom. The quantitative estimate of drug-likeness (QED) is 0.521. The Kier molecular flexibility index (Phi) is 9.30. The number of aromatic nitrogens is 1. The highest BCUT2D eigenvalue weighted by Crippen LogP contribution is 2.32. The van der Waals surface area contributed by atoms with E-state index >= 15 is 0 Å². The van der Waals surface area contributed by atoms with Gasteiger partial charge in [0.25, 0.3) is 0 Å². The van der Waals surface area contributed by atoms with Crippen molar-refractivity contribution >= 4 is 40.2 Å². The average Bonchev–Trinajstić information content (AvgIpc) is 3.22. The van der Waals surface area contributed by atoms with E-state index in [1.54, 1.807) is 6.20 Å². The molecule has 1 aromatic heterocycles. The van der Waals surface area contributed by atoms with Crippen molar-refractivity contribution in [2.45, 2.75) is 94.3 Å².